The van der Waals surface area contributed by atoms with Crippen LogP contribution < -0.4 is 5.32 Å². The highest BCUT2D eigenvalue weighted by Crippen LogP contribution is 2.28. The number of hydrogen-bond donors (Lipinski definition) is 1. The highest BCUT2D eigenvalue weighted by molar-refractivity contribution is 6.24. The lowest BCUT2D eigenvalue weighted by atomic mass is 10.1. The van der Waals surface area contributed by atoms with Crippen LogP contribution in [0.25, 0.3) is 0 Å². The summed E-state index contributed by atoms with van der Waals surface area (Å²) in [6, 6.07) is 7.84. The number of nitrogens with one attached hydrogen (secondary N) is 1. The summed E-state index contributed by atoms with van der Waals surface area (Å²) in [5.41, 5.74) is 0.793. The zero-order chi connectivity index (χ0) is 14.3. The molecule has 100 valence electrons. The smallest absolute Gasteiger partial charge is 0.291 e. The predicted octanol–water partition coefficient (Wildman–Crippen LogP) is 1.76. The zero-order valence-electron chi connectivity index (χ0n) is 10.5. The lowest BCUT2D eigenvalue weighted by Gasteiger charge is -2.07. The average Bonchev–Trinajstić information content (AvgIpc) is 3.05. The highest BCUT2D eigenvalue weighted by Gasteiger charge is 2.35. The van der Waals surface area contributed by atoms with Crippen molar-refractivity contribution in [3.05, 3.63) is 53.5 Å². The molecule has 1 aromatic heterocycles. The third-order valence-corrected chi connectivity index (χ3v) is 3.11. The number of fused-ring (bicyclic) bond motifs is 1. The third kappa shape index (κ3) is 1.70. The van der Waals surface area contributed by atoms with Crippen LogP contribution in [0.2, 0.25) is 0 Å². The number of rotatable bonds is 2. The number of benzene rings is 1. The van der Waals surface area contributed by atoms with E-state index in [-0.39, 0.29) is 22.8 Å². The maximum Gasteiger partial charge on any atom is 0.291 e. The van der Waals surface area contributed by atoms with Crippen LogP contribution in [-0.2, 0) is 0 Å². The minimum Gasteiger partial charge on any atom is -0.459 e. The molecule has 1 aromatic carbocycles. The number of anilines is 1. The molecule has 20 heavy (non-hydrogen) atoms. The van der Waals surface area contributed by atoms with Gasteiger partial charge >= 0.3 is 0 Å². The van der Waals surface area contributed by atoms with Gasteiger partial charge in [-0.05, 0) is 24.3 Å². The van der Waals surface area contributed by atoms with Crippen LogP contribution in [0, 0.1) is 0 Å². The van der Waals surface area contributed by atoms with Crippen LogP contribution in [0.1, 0.15) is 31.3 Å². The normalized spacial score (nSPS) is 13.6. The summed E-state index contributed by atoms with van der Waals surface area (Å²) >= 11 is 0. The molecule has 0 radical (unpaired) electrons. The van der Waals surface area contributed by atoms with Crippen LogP contribution >= 0.6 is 0 Å². The second-order valence-corrected chi connectivity index (χ2v) is 4.33. The van der Waals surface area contributed by atoms with E-state index in [1.165, 1.54) is 19.4 Å². The summed E-state index contributed by atoms with van der Waals surface area (Å²) in [6.07, 6.45) is 1.38. The van der Waals surface area contributed by atoms with Gasteiger partial charge in [0.25, 0.3) is 17.7 Å². The Morgan fingerprint density at radius 1 is 1.15 bits per heavy atom. The molecule has 0 bridgehead atoms. The molecule has 6 nitrogen and oxygen atoms in total. The fourth-order valence-corrected chi connectivity index (χ4v) is 2.10. The van der Waals surface area contributed by atoms with Crippen molar-refractivity contribution in [1.29, 1.82) is 0 Å². The Kier molecular flexibility index (Phi) is 2.64. The van der Waals surface area contributed by atoms with E-state index in [1.807, 2.05) is 0 Å². The van der Waals surface area contributed by atoms with Gasteiger partial charge in [-0.1, -0.05) is 6.07 Å². The van der Waals surface area contributed by atoms with E-state index < -0.39 is 11.8 Å². The molecule has 0 fully saturated rings. The lowest BCUT2D eigenvalue weighted by Crippen LogP contribution is -2.24. The van der Waals surface area contributed by atoms with Gasteiger partial charge in [-0.15, -0.1) is 0 Å². The van der Waals surface area contributed by atoms with Crippen molar-refractivity contribution >= 4 is 23.4 Å². The molecule has 0 unspecified atom stereocenters. The lowest BCUT2D eigenvalue weighted by molar-refractivity contribution is 0.0693. The van der Waals surface area contributed by atoms with E-state index in [2.05, 4.69) is 5.32 Å². The first kappa shape index (κ1) is 12.2. The molecule has 3 rings (SSSR count). The van der Waals surface area contributed by atoms with Crippen molar-refractivity contribution in [1.82, 2.24) is 4.90 Å². The Hall–Kier alpha value is -2.89. The summed E-state index contributed by atoms with van der Waals surface area (Å²) in [6.45, 7) is 0. The maximum absolute atomic E-state index is 12.0. The number of amides is 3. The van der Waals surface area contributed by atoms with Gasteiger partial charge in [0.2, 0.25) is 0 Å². The second kappa shape index (κ2) is 4.34. The molecular formula is C14H10N2O4. The summed E-state index contributed by atoms with van der Waals surface area (Å²) in [5.74, 6) is -1.15. The van der Waals surface area contributed by atoms with Gasteiger partial charge in [-0.25, -0.2) is 0 Å². The van der Waals surface area contributed by atoms with Crippen molar-refractivity contribution in [2.75, 3.05) is 12.4 Å². The largest absolute Gasteiger partial charge is 0.459 e. The molecule has 1 aliphatic rings. The first-order valence-electron chi connectivity index (χ1n) is 5.90. The predicted molar refractivity (Wildman–Crippen MR) is 69.5 cm³/mol. The molecule has 0 saturated heterocycles. The van der Waals surface area contributed by atoms with Gasteiger partial charge < -0.3 is 9.73 Å². The second-order valence-electron chi connectivity index (χ2n) is 4.33. The molecule has 3 amide bonds. The fourth-order valence-electron chi connectivity index (χ4n) is 2.10. The van der Waals surface area contributed by atoms with Crippen LogP contribution in [0.15, 0.2) is 41.0 Å². The van der Waals surface area contributed by atoms with E-state index in [1.54, 1.807) is 24.3 Å². The van der Waals surface area contributed by atoms with E-state index in [0.717, 1.165) is 4.90 Å². The van der Waals surface area contributed by atoms with Crippen molar-refractivity contribution in [3.8, 4) is 0 Å². The molecule has 0 saturated carbocycles. The van der Waals surface area contributed by atoms with Gasteiger partial charge in [0, 0.05) is 7.05 Å². The SMILES string of the molecule is CN1C(=O)c2cccc(NC(=O)c3ccco3)c2C1=O. The van der Waals surface area contributed by atoms with Crippen molar-refractivity contribution < 1.29 is 18.8 Å². The van der Waals surface area contributed by atoms with Gasteiger partial charge in [-0.2, -0.15) is 0 Å². The Bertz CT molecular complexity index is 719. The number of carbonyl (C=O) groups is 3. The third-order valence-electron chi connectivity index (χ3n) is 3.11. The number of nitrogens with zero attached hydrogens (tertiary/aromatic N) is 1. The number of imide groups is 1. The summed E-state index contributed by atoms with van der Waals surface area (Å²) in [5, 5.41) is 2.58. The molecule has 1 N–H and O–H groups in total. The van der Waals surface area contributed by atoms with Crippen LogP contribution in [0.3, 0.4) is 0 Å². The topological polar surface area (TPSA) is 79.6 Å². The Balaban J connectivity index is 1.99. The molecule has 0 aliphatic carbocycles. The van der Waals surface area contributed by atoms with Crippen LogP contribution in [0.5, 0.6) is 0 Å². The van der Waals surface area contributed by atoms with Gasteiger partial charge in [0.15, 0.2) is 5.76 Å². The average molecular weight is 270 g/mol. The fraction of sp³-hybridized carbons (Fsp3) is 0.0714. The van der Waals surface area contributed by atoms with Crippen LogP contribution in [-0.4, -0.2) is 29.7 Å². The minimum atomic E-state index is -0.474. The van der Waals surface area contributed by atoms with Crippen molar-refractivity contribution in [3.63, 3.8) is 0 Å². The quantitative estimate of drug-likeness (QED) is 0.843. The van der Waals surface area contributed by atoms with E-state index >= 15 is 0 Å². The molecule has 2 aromatic rings. The maximum atomic E-state index is 12.0. The van der Waals surface area contributed by atoms with Gasteiger partial charge in [0.05, 0.1) is 23.1 Å². The first-order valence-corrected chi connectivity index (χ1v) is 5.90. The molecule has 0 atom stereocenters. The molecule has 6 heteroatoms. The molecule has 2 heterocycles. The number of furan rings is 1. The zero-order valence-corrected chi connectivity index (χ0v) is 10.5. The molecular weight excluding hydrogens is 260 g/mol. The Labute approximate surface area is 114 Å². The van der Waals surface area contributed by atoms with E-state index in [4.69, 9.17) is 4.42 Å². The molecule has 1 aliphatic heterocycles. The minimum absolute atomic E-state index is 0.132. The van der Waals surface area contributed by atoms with Gasteiger partial charge in [-0.3, -0.25) is 19.3 Å². The van der Waals surface area contributed by atoms with Crippen LogP contribution in [0.4, 0.5) is 5.69 Å². The summed E-state index contributed by atoms with van der Waals surface area (Å²) < 4.78 is 4.98. The van der Waals surface area contributed by atoms with Crippen molar-refractivity contribution in [2.45, 2.75) is 0 Å². The Morgan fingerprint density at radius 2 is 1.95 bits per heavy atom. The van der Waals surface area contributed by atoms with E-state index in [0.29, 0.717) is 5.69 Å². The van der Waals surface area contributed by atoms with Crippen molar-refractivity contribution in [2.24, 2.45) is 0 Å². The van der Waals surface area contributed by atoms with E-state index in [9.17, 15) is 14.4 Å². The first-order chi connectivity index (χ1) is 9.59. The highest BCUT2D eigenvalue weighted by atomic mass is 16.3. The summed E-state index contributed by atoms with van der Waals surface area (Å²) in [4.78, 5) is 36.8. The van der Waals surface area contributed by atoms with Gasteiger partial charge in [0.1, 0.15) is 0 Å². The Morgan fingerprint density at radius 3 is 2.65 bits per heavy atom. The number of hydrogen-bond acceptors (Lipinski definition) is 4. The monoisotopic (exact) mass is 270 g/mol. The number of carbonyl (C=O) groups excluding carboxylic acids is 3. The standard InChI is InChI=1S/C14H10N2O4/c1-16-13(18)8-4-2-5-9(11(8)14(16)19)15-12(17)10-6-3-7-20-10/h2-7H,1H3,(H,15,17). The molecule has 0 spiro atoms. The summed E-state index contributed by atoms with van der Waals surface area (Å²) in [7, 11) is 1.41.